The van der Waals surface area contributed by atoms with Gasteiger partial charge in [0, 0.05) is 11.8 Å². The first kappa shape index (κ1) is 24.5. The lowest BCUT2D eigenvalue weighted by Crippen LogP contribution is -2.06. The topological polar surface area (TPSA) is 73.6 Å². The number of halogens is 1. The molecule has 0 saturated carbocycles. The molecule has 0 fully saturated rings. The molecule has 0 saturated heterocycles. The molecule has 0 aliphatic carbocycles. The van der Waals surface area contributed by atoms with Crippen molar-refractivity contribution >= 4 is 28.9 Å². The highest BCUT2D eigenvalue weighted by Gasteiger charge is 2.25. The number of anilines is 2. The van der Waals surface area contributed by atoms with Crippen LogP contribution >= 0.6 is 11.6 Å². The van der Waals surface area contributed by atoms with E-state index in [0.717, 1.165) is 39.3 Å². The molecule has 7 nitrogen and oxygen atoms in total. The first-order valence-electron chi connectivity index (χ1n) is 12.3. The zero-order chi connectivity index (χ0) is 26.8. The van der Waals surface area contributed by atoms with Gasteiger partial charge in [0.1, 0.15) is 23.1 Å². The average molecular weight is 534 g/mol. The van der Waals surface area contributed by atoms with Gasteiger partial charge < -0.3 is 14.8 Å². The van der Waals surface area contributed by atoms with Gasteiger partial charge >= 0.3 is 0 Å². The molecule has 6 rings (SSSR count). The van der Waals surface area contributed by atoms with Gasteiger partial charge in [0.25, 0.3) is 0 Å². The van der Waals surface area contributed by atoms with E-state index in [0.29, 0.717) is 28.2 Å². The van der Waals surface area contributed by atoms with Crippen LogP contribution in [0.3, 0.4) is 0 Å². The number of nitrogens with one attached hydrogen (secondary N) is 1. The van der Waals surface area contributed by atoms with Gasteiger partial charge in [0.15, 0.2) is 5.65 Å². The maximum absolute atomic E-state index is 6.10. The van der Waals surface area contributed by atoms with Gasteiger partial charge in [-0.15, -0.1) is 0 Å². The van der Waals surface area contributed by atoms with Crippen LogP contribution in [0, 0.1) is 0 Å². The highest BCUT2D eigenvalue weighted by atomic mass is 35.5. The van der Waals surface area contributed by atoms with Crippen LogP contribution in [0.5, 0.6) is 11.6 Å². The summed E-state index contributed by atoms with van der Waals surface area (Å²) in [5.74, 6) is 2.44. The van der Waals surface area contributed by atoms with Crippen LogP contribution in [0.1, 0.15) is 0 Å². The molecule has 1 N–H and O–H groups in total. The Morgan fingerprint density at radius 2 is 1.38 bits per heavy atom. The summed E-state index contributed by atoms with van der Waals surface area (Å²) in [6, 6.07) is 31.5. The average Bonchev–Trinajstić information content (AvgIpc) is 3.38. The normalized spacial score (nSPS) is 10.9. The van der Waals surface area contributed by atoms with Gasteiger partial charge in [-0.3, -0.25) is 0 Å². The lowest BCUT2D eigenvalue weighted by Gasteiger charge is -2.16. The molecule has 0 aliphatic heterocycles. The van der Waals surface area contributed by atoms with Crippen LogP contribution in [-0.4, -0.2) is 33.8 Å². The van der Waals surface area contributed by atoms with E-state index in [1.165, 1.54) is 0 Å². The van der Waals surface area contributed by atoms with Crippen molar-refractivity contribution in [1.29, 1.82) is 0 Å². The number of nitrogens with zero attached hydrogens (tertiary/aromatic N) is 4. The summed E-state index contributed by atoms with van der Waals surface area (Å²) in [6.07, 6.45) is 1.59. The minimum absolute atomic E-state index is 0.529. The molecular weight excluding hydrogens is 510 g/mol. The lowest BCUT2D eigenvalue weighted by atomic mass is 10.0. The Labute approximate surface area is 230 Å². The van der Waals surface area contributed by atoms with Crippen LogP contribution in [0.15, 0.2) is 103 Å². The monoisotopic (exact) mass is 533 g/mol. The van der Waals surface area contributed by atoms with E-state index < -0.39 is 0 Å². The van der Waals surface area contributed by atoms with Gasteiger partial charge in [-0.2, -0.15) is 9.61 Å². The summed E-state index contributed by atoms with van der Waals surface area (Å²) < 4.78 is 13.2. The molecule has 0 atom stereocenters. The number of aromatic nitrogens is 4. The maximum Gasteiger partial charge on any atom is 0.228 e. The Hall–Kier alpha value is -4.88. The van der Waals surface area contributed by atoms with Crippen molar-refractivity contribution in [3.63, 3.8) is 0 Å². The predicted molar refractivity (Wildman–Crippen MR) is 155 cm³/mol. The molecule has 3 heterocycles. The SMILES string of the molecule is COc1ccc(-c2c(Nc3ccc(Cl)cn3)nc3c(-c4ccccc4)c(-c4ccccc4)nn3c2OC)cc1. The molecule has 192 valence electrons. The Morgan fingerprint density at radius 3 is 2.00 bits per heavy atom. The number of methoxy groups -OCH3 is 2. The summed E-state index contributed by atoms with van der Waals surface area (Å²) in [5.41, 5.74) is 5.91. The Morgan fingerprint density at radius 1 is 0.718 bits per heavy atom. The predicted octanol–water partition coefficient (Wildman–Crippen LogP) is 7.54. The summed E-state index contributed by atoms with van der Waals surface area (Å²) in [7, 11) is 3.28. The number of hydrogen-bond donors (Lipinski definition) is 1. The highest BCUT2D eigenvalue weighted by molar-refractivity contribution is 6.30. The minimum Gasteiger partial charge on any atom is -0.497 e. The molecule has 0 radical (unpaired) electrons. The molecular formula is C31H24ClN5O2. The van der Waals surface area contributed by atoms with Crippen LogP contribution in [-0.2, 0) is 0 Å². The Balaban J connectivity index is 1.68. The third-order valence-corrected chi connectivity index (χ3v) is 6.60. The van der Waals surface area contributed by atoms with E-state index in [1.54, 1.807) is 31.0 Å². The molecule has 0 amide bonds. The third-order valence-electron chi connectivity index (χ3n) is 6.38. The van der Waals surface area contributed by atoms with E-state index in [4.69, 9.17) is 31.2 Å². The Kier molecular flexibility index (Phi) is 6.57. The van der Waals surface area contributed by atoms with E-state index in [9.17, 15) is 0 Å². The molecule has 0 unspecified atom stereocenters. The number of pyridine rings is 1. The van der Waals surface area contributed by atoms with Gasteiger partial charge in [0.2, 0.25) is 5.88 Å². The summed E-state index contributed by atoms with van der Waals surface area (Å²) in [6.45, 7) is 0. The van der Waals surface area contributed by atoms with Crippen LogP contribution in [0.2, 0.25) is 5.02 Å². The summed E-state index contributed by atoms with van der Waals surface area (Å²) >= 11 is 6.10. The van der Waals surface area contributed by atoms with Crippen LogP contribution < -0.4 is 14.8 Å². The lowest BCUT2D eigenvalue weighted by molar-refractivity contribution is 0.387. The molecule has 6 aromatic rings. The minimum atomic E-state index is 0.529. The van der Waals surface area contributed by atoms with E-state index in [1.807, 2.05) is 78.9 Å². The smallest absolute Gasteiger partial charge is 0.228 e. The number of ether oxygens (including phenoxy) is 2. The van der Waals surface area contributed by atoms with Gasteiger partial charge in [-0.1, -0.05) is 84.4 Å². The van der Waals surface area contributed by atoms with Gasteiger partial charge in [-0.05, 0) is 35.4 Å². The fourth-order valence-corrected chi connectivity index (χ4v) is 4.67. The van der Waals surface area contributed by atoms with Crippen molar-refractivity contribution in [2.45, 2.75) is 0 Å². The molecule has 0 bridgehead atoms. The highest BCUT2D eigenvalue weighted by Crippen LogP contribution is 2.42. The summed E-state index contributed by atoms with van der Waals surface area (Å²) in [4.78, 5) is 9.59. The van der Waals surface area contributed by atoms with E-state index in [-0.39, 0.29) is 0 Å². The Bertz CT molecular complexity index is 1740. The first-order chi connectivity index (χ1) is 19.2. The molecule has 3 aromatic carbocycles. The zero-order valence-electron chi connectivity index (χ0n) is 21.3. The third kappa shape index (κ3) is 4.64. The van der Waals surface area contributed by atoms with Crippen molar-refractivity contribution in [2.75, 3.05) is 19.5 Å². The van der Waals surface area contributed by atoms with Gasteiger partial charge in [0.05, 0.1) is 30.4 Å². The van der Waals surface area contributed by atoms with Crippen LogP contribution in [0.4, 0.5) is 11.6 Å². The number of rotatable bonds is 7. The molecule has 39 heavy (non-hydrogen) atoms. The van der Waals surface area contributed by atoms with E-state index in [2.05, 4.69) is 22.4 Å². The van der Waals surface area contributed by atoms with Crippen molar-refractivity contribution in [3.8, 4) is 45.1 Å². The molecule has 0 spiro atoms. The molecule has 8 heteroatoms. The largest absolute Gasteiger partial charge is 0.497 e. The van der Waals surface area contributed by atoms with E-state index >= 15 is 0 Å². The second-order valence-corrected chi connectivity index (χ2v) is 9.19. The quantitative estimate of drug-likeness (QED) is 0.228. The van der Waals surface area contributed by atoms with Crippen molar-refractivity contribution in [3.05, 3.63) is 108 Å². The zero-order valence-corrected chi connectivity index (χ0v) is 22.1. The van der Waals surface area contributed by atoms with Gasteiger partial charge in [-0.25, -0.2) is 9.97 Å². The maximum atomic E-state index is 6.10. The fourth-order valence-electron chi connectivity index (χ4n) is 4.56. The standard InChI is InChI=1S/C31H24ClN5O2/c1-38-24-16-13-21(14-17-24)27-29(34-25-18-15-23(32)19-33-25)35-30-26(20-9-5-3-6-10-20)28(22-11-7-4-8-12-22)36-37(30)31(27)39-2/h3-19H,1-2H3,(H,33,34,35). The van der Waals surface area contributed by atoms with Crippen LogP contribution in [0.25, 0.3) is 39.2 Å². The van der Waals surface area contributed by atoms with Crippen molar-refractivity contribution in [2.24, 2.45) is 0 Å². The van der Waals surface area contributed by atoms with Crippen molar-refractivity contribution < 1.29 is 9.47 Å². The number of benzene rings is 3. The first-order valence-corrected chi connectivity index (χ1v) is 12.7. The number of fused-ring (bicyclic) bond motifs is 1. The second kappa shape index (κ2) is 10.5. The molecule has 3 aromatic heterocycles. The number of hydrogen-bond acceptors (Lipinski definition) is 6. The van der Waals surface area contributed by atoms with Crippen molar-refractivity contribution in [1.82, 2.24) is 19.6 Å². The molecule has 0 aliphatic rings. The second-order valence-electron chi connectivity index (χ2n) is 8.75. The fraction of sp³-hybridized carbons (Fsp3) is 0.0645. The summed E-state index contributed by atoms with van der Waals surface area (Å²) in [5, 5.41) is 8.99.